The highest BCUT2D eigenvalue weighted by molar-refractivity contribution is 6.29. The molecule has 0 spiro atoms. The van der Waals surface area contributed by atoms with Gasteiger partial charge in [0.2, 0.25) is 0 Å². The molecule has 0 aromatic carbocycles. The van der Waals surface area contributed by atoms with Crippen LogP contribution in [0.3, 0.4) is 0 Å². The molecule has 2 aromatic rings. The molecule has 2 aromatic heterocycles. The van der Waals surface area contributed by atoms with Gasteiger partial charge in [0, 0.05) is 12.4 Å². The topological polar surface area (TPSA) is 46.4 Å². The number of carbonyl (C=O) groups excluding carboxylic acids is 1. The summed E-state index contributed by atoms with van der Waals surface area (Å²) in [6.07, 6.45) is 3.60. The second kappa shape index (κ2) is 4.49. The van der Waals surface area contributed by atoms with E-state index in [4.69, 9.17) is 11.6 Å². The Morgan fingerprint density at radius 2 is 2.44 bits per heavy atom. The van der Waals surface area contributed by atoms with E-state index in [1.807, 2.05) is 28.8 Å². The zero-order chi connectivity index (χ0) is 11.5. The monoisotopic (exact) mass is 241 g/mol. The molecule has 1 atom stereocenters. The number of fused-ring (bicyclic) bond motifs is 1. The van der Waals surface area contributed by atoms with E-state index in [1.54, 1.807) is 6.20 Å². The number of rotatable bonds is 3. The van der Waals surface area contributed by atoms with Crippen molar-refractivity contribution in [1.82, 2.24) is 14.7 Å². The number of halogens is 2. The standard InChI is InChI=1S/C10H9ClFN3O/c11-9(12)10(16)13-5-7-6-15-4-2-1-3-8(15)14-7/h1-4,6,9H,5H2,(H,13,16). The maximum atomic E-state index is 12.3. The molecule has 0 aliphatic heterocycles. The van der Waals surface area contributed by atoms with Gasteiger partial charge < -0.3 is 9.72 Å². The van der Waals surface area contributed by atoms with Gasteiger partial charge in [0.05, 0.1) is 12.2 Å². The molecule has 0 bridgehead atoms. The van der Waals surface area contributed by atoms with Gasteiger partial charge in [-0.1, -0.05) is 17.7 Å². The lowest BCUT2D eigenvalue weighted by Crippen LogP contribution is -2.28. The quantitative estimate of drug-likeness (QED) is 0.828. The van der Waals surface area contributed by atoms with E-state index >= 15 is 0 Å². The lowest BCUT2D eigenvalue weighted by molar-refractivity contribution is -0.123. The van der Waals surface area contributed by atoms with Crippen LogP contribution in [0.15, 0.2) is 30.6 Å². The highest BCUT2D eigenvalue weighted by Gasteiger charge is 2.12. The second-order valence-electron chi connectivity index (χ2n) is 3.22. The van der Waals surface area contributed by atoms with Crippen LogP contribution >= 0.6 is 11.6 Å². The molecule has 0 saturated heterocycles. The van der Waals surface area contributed by atoms with Crippen molar-refractivity contribution < 1.29 is 9.18 Å². The van der Waals surface area contributed by atoms with E-state index in [2.05, 4.69) is 10.3 Å². The SMILES string of the molecule is O=C(NCc1cn2ccccc2n1)C(F)Cl. The third kappa shape index (κ3) is 2.30. The fourth-order valence-corrected chi connectivity index (χ4v) is 1.40. The van der Waals surface area contributed by atoms with Crippen LogP contribution in [0.4, 0.5) is 4.39 Å². The van der Waals surface area contributed by atoms with Crippen molar-refractivity contribution in [3.8, 4) is 0 Å². The summed E-state index contributed by atoms with van der Waals surface area (Å²) in [7, 11) is 0. The number of amides is 1. The number of nitrogens with zero attached hydrogens (tertiary/aromatic N) is 2. The Hall–Kier alpha value is -1.62. The Kier molecular flexibility index (Phi) is 3.05. The number of hydrogen-bond acceptors (Lipinski definition) is 2. The van der Waals surface area contributed by atoms with Crippen LogP contribution in [0.1, 0.15) is 5.69 Å². The van der Waals surface area contributed by atoms with Gasteiger partial charge in [-0.2, -0.15) is 0 Å². The summed E-state index contributed by atoms with van der Waals surface area (Å²) in [6.45, 7) is 0.160. The number of nitrogens with one attached hydrogen (secondary N) is 1. The molecular weight excluding hydrogens is 233 g/mol. The first-order chi connectivity index (χ1) is 7.66. The van der Waals surface area contributed by atoms with E-state index in [0.29, 0.717) is 5.69 Å². The van der Waals surface area contributed by atoms with Gasteiger partial charge in [-0.25, -0.2) is 9.37 Å². The van der Waals surface area contributed by atoms with Crippen molar-refractivity contribution in [2.75, 3.05) is 0 Å². The second-order valence-corrected chi connectivity index (χ2v) is 3.60. The molecule has 1 amide bonds. The van der Waals surface area contributed by atoms with Crippen LogP contribution in [0.25, 0.3) is 5.65 Å². The average Bonchev–Trinajstić information content (AvgIpc) is 2.68. The van der Waals surface area contributed by atoms with Gasteiger partial charge in [-0.3, -0.25) is 4.79 Å². The van der Waals surface area contributed by atoms with Gasteiger partial charge in [0.25, 0.3) is 11.5 Å². The molecular formula is C10H9ClFN3O. The predicted molar refractivity (Wildman–Crippen MR) is 57.8 cm³/mol. The van der Waals surface area contributed by atoms with E-state index in [-0.39, 0.29) is 6.54 Å². The van der Waals surface area contributed by atoms with E-state index in [0.717, 1.165) is 5.65 Å². The zero-order valence-electron chi connectivity index (χ0n) is 8.23. The summed E-state index contributed by atoms with van der Waals surface area (Å²) < 4.78 is 14.1. The zero-order valence-corrected chi connectivity index (χ0v) is 8.99. The van der Waals surface area contributed by atoms with Crippen molar-refractivity contribution >= 4 is 23.2 Å². The normalized spacial score (nSPS) is 12.6. The van der Waals surface area contributed by atoms with Gasteiger partial charge in [-0.05, 0) is 12.1 Å². The number of alkyl halides is 2. The lowest BCUT2D eigenvalue weighted by Gasteiger charge is -2.01. The summed E-state index contributed by atoms with van der Waals surface area (Å²) in [5, 5.41) is 2.34. The van der Waals surface area contributed by atoms with Gasteiger partial charge >= 0.3 is 0 Å². The highest BCUT2D eigenvalue weighted by Crippen LogP contribution is 2.04. The fraction of sp³-hybridized carbons (Fsp3) is 0.200. The van der Waals surface area contributed by atoms with Crippen LogP contribution in [0, 0.1) is 0 Å². The Balaban J connectivity index is 2.07. The minimum atomic E-state index is -2.02. The largest absolute Gasteiger partial charge is 0.347 e. The minimum absolute atomic E-state index is 0.160. The molecule has 0 aliphatic carbocycles. The van der Waals surface area contributed by atoms with Crippen LogP contribution in [-0.2, 0) is 11.3 Å². The average molecular weight is 242 g/mol. The fourth-order valence-electron chi connectivity index (χ4n) is 1.33. The Morgan fingerprint density at radius 1 is 1.62 bits per heavy atom. The molecule has 0 aliphatic rings. The smallest absolute Gasteiger partial charge is 0.270 e. The third-order valence-electron chi connectivity index (χ3n) is 2.06. The van der Waals surface area contributed by atoms with Gasteiger partial charge in [-0.15, -0.1) is 0 Å². The molecule has 0 fully saturated rings. The first-order valence-corrected chi connectivity index (χ1v) is 5.09. The molecule has 1 N–H and O–H groups in total. The Labute approximate surface area is 96.0 Å². The van der Waals surface area contributed by atoms with Crippen LogP contribution in [-0.4, -0.2) is 20.9 Å². The molecule has 0 saturated carbocycles. The molecule has 4 nitrogen and oxygen atoms in total. The number of carbonyl (C=O) groups is 1. The van der Waals surface area contributed by atoms with E-state index < -0.39 is 11.5 Å². The summed E-state index contributed by atoms with van der Waals surface area (Å²) in [4.78, 5) is 15.1. The maximum Gasteiger partial charge on any atom is 0.270 e. The Bertz CT molecular complexity index is 478. The molecule has 2 rings (SSSR count). The predicted octanol–water partition coefficient (Wildman–Crippen LogP) is 1.48. The number of pyridine rings is 1. The van der Waals surface area contributed by atoms with E-state index in [1.165, 1.54) is 0 Å². The van der Waals surface area contributed by atoms with E-state index in [9.17, 15) is 9.18 Å². The van der Waals surface area contributed by atoms with Crippen molar-refractivity contribution in [3.05, 3.63) is 36.3 Å². The summed E-state index contributed by atoms with van der Waals surface area (Å²) in [5.41, 5.74) is -0.594. The third-order valence-corrected chi connectivity index (χ3v) is 2.25. The van der Waals surface area contributed by atoms with Crippen LogP contribution in [0.2, 0.25) is 0 Å². The molecule has 16 heavy (non-hydrogen) atoms. The van der Waals surface area contributed by atoms with Crippen molar-refractivity contribution in [2.45, 2.75) is 12.2 Å². The number of hydrogen-bond donors (Lipinski definition) is 1. The van der Waals surface area contributed by atoms with Gasteiger partial charge in [0.1, 0.15) is 5.65 Å². The molecule has 0 radical (unpaired) electrons. The molecule has 1 unspecified atom stereocenters. The first-order valence-electron chi connectivity index (χ1n) is 4.65. The van der Waals surface area contributed by atoms with Crippen molar-refractivity contribution in [3.63, 3.8) is 0 Å². The van der Waals surface area contributed by atoms with Crippen LogP contribution in [0.5, 0.6) is 0 Å². The highest BCUT2D eigenvalue weighted by atomic mass is 35.5. The minimum Gasteiger partial charge on any atom is -0.347 e. The van der Waals surface area contributed by atoms with Crippen molar-refractivity contribution in [2.24, 2.45) is 0 Å². The summed E-state index contributed by atoms with van der Waals surface area (Å²) in [5.74, 6) is -0.848. The summed E-state index contributed by atoms with van der Waals surface area (Å²) >= 11 is 4.97. The van der Waals surface area contributed by atoms with Crippen LogP contribution < -0.4 is 5.32 Å². The lowest BCUT2D eigenvalue weighted by atomic mass is 10.4. The number of aromatic nitrogens is 2. The van der Waals surface area contributed by atoms with Crippen molar-refractivity contribution in [1.29, 1.82) is 0 Å². The molecule has 6 heteroatoms. The number of imidazole rings is 1. The maximum absolute atomic E-state index is 12.3. The Morgan fingerprint density at radius 3 is 3.12 bits per heavy atom. The molecule has 84 valence electrons. The molecule has 2 heterocycles. The summed E-state index contributed by atoms with van der Waals surface area (Å²) in [6, 6.07) is 5.57. The first kappa shape index (κ1) is 10.9. The van der Waals surface area contributed by atoms with Gasteiger partial charge in [0.15, 0.2) is 0 Å².